The van der Waals surface area contributed by atoms with E-state index in [0.717, 1.165) is 32.5 Å². The van der Waals surface area contributed by atoms with Crippen LogP contribution in [0.4, 0.5) is 0 Å². The second-order valence-corrected chi connectivity index (χ2v) is 8.23. The van der Waals surface area contributed by atoms with Gasteiger partial charge in [0.1, 0.15) is 0 Å². The van der Waals surface area contributed by atoms with Crippen LogP contribution in [-0.2, 0) is 11.3 Å². The smallest absolute Gasteiger partial charge is 0.224 e. The van der Waals surface area contributed by atoms with E-state index in [2.05, 4.69) is 63.3 Å². The highest BCUT2D eigenvalue weighted by molar-refractivity contribution is 5.80. The predicted octanol–water partition coefficient (Wildman–Crippen LogP) is 2.56. The fourth-order valence-corrected chi connectivity index (χ4v) is 4.69. The fourth-order valence-electron chi connectivity index (χ4n) is 4.69. The monoisotopic (exact) mass is 368 g/mol. The van der Waals surface area contributed by atoms with Gasteiger partial charge >= 0.3 is 0 Å². The Morgan fingerprint density at radius 2 is 1.93 bits per heavy atom. The normalized spacial score (nSPS) is 22.9. The minimum Gasteiger partial charge on any atom is -0.354 e. The molecule has 0 radical (unpaired) electrons. The zero-order valence-electron chi connectivity index (χ0n) is 16.4. The molecule has 0 saturated carbocycles. The Hall–Kier alpha value is -1.85. The van der Waals surface area contributed by atoms with Gasteiger partial charge in [0.2, 0.25) is 5.91 Å². The van der Waals surface area contributed by atoms with E-state index in [-0.39, 0.29) is 11.8 Å². The third kappa shape index (κ3) is 4.36. The summed E-state index contributed by atoms with van der Waals surface area (Å²) in [6, 6.07) is 11.2. The van der Waals surface area contributed by atoms with E-state index in [4.69, 9.17) is 0 Å². The minimum absolute atomic E-state index is 0.153. The second kappa shape index (κ2) is 8.44. The molecule has 0 spiro atoms. The number of carbonyl (C=O) groups is 1. The highest BCUT2D eigenvalue weighted by Gasteiger charge is 2.30. The molecule has 1 N–H and O–H groups in total. The van der Waals surface area contributed by atoms with Crippen LogP contribution in [0.2, 0.25) is 0 Å². The fraction of sp³-hybridized carbons (Fsp3) is 0.591. The number of likely N-dealkylation sites (tertiary alicyclic amines) is 2. The van der Waals surface area contributed by atoms with Crippen LogP contribution >= 0.6 is 0 Å². The third-order valence-electron chi connectivity index (χ3n) is 6.36. The van der Waals surface area contributed by atoms with Gasteiger partial charge in [0.15, 0.2) is 0 Å². The van der Waals surface area contributed by atoms with Crippen molar-refractivity contribution in [2.75, 3.05) is 39.8 Å². The topological polar surface area (TPSA) is 40.5 Å². The standard InChI is InChI=1S/C22H32N4O/c1-24-13-9-20(10-14-24)26-12-4-6-19(17-26)22(27)23-11-16-25-15-8-18-5-2-3-7-21(18)25/h2-3,5,7-8,15,19-20H,4,6,9-14,16-17H2,1H3,(H,23,27). The Morgan fingerprint density at radius 1 is 1.11 bits per heavy atom. The van der Waals surface area contributed by atoms with Crippen molar-refractivity contribution in [3.05, 3.63) is 36.5 Å². The predicted molar refractivity (Wildman–Crippen MR) is 110 cm³/mol. The number of hydrogen-bond donors (Lipinski definition) is 1. The summed E-state index contributed by atoms with van der Waals surface area (Å²) in [5, 5.41) is 4.45. The van der Waals surface area contributed by atoms with E-state index in [1.165, 1.54) is 36.8 Å². The van der Waals surface area contributed by atoms with Crippen LogP contribution in [0.5, 0.6) is 0 Å². The summed E-state index contributed by atoms with van der Waals surface area (Å²) < 4.78 is 2.22. The van der Waals surface area contributed by atoms with Crippen LogP contribution in [-0.4, -0.2) is 66.1 Å². The van der Waals surface area contributed by atoms with E-state index in [0.29, 0.717) is 12.6 Å². The second-order valence-electron chi connectivity index (χ2n) is 8.23. The highest BCUT2D eigenvalue weighted by atomic mass is 16.1. The summed E-state index contributed by atoms with van der Waals surface area (Å²) in [4.78, 5) is 17.7. The minimum atomic E-state index is 0.153. The first-order valence-corrected chi connectivity index (χ1v) is 10.4. The molecule has 0 aliphatic carbocycles. The average Bonchev–Trinajstić information content (AvgIpc) is 3.12. The van der Waals surface area contributed by atoms with Gasteiger partial charge in [-0.1, -0.05) is 18.2 Å². The number of piperidine rings is 2. The van der Waals surface area contributed by atoms with Gasteiger partial charge in [-0.2, -0.15) is 0 Å². The zero-order valence-corrected chi connectivity index (χ0v) is 16.4. The molecule has 27 heavy (non-hydrogen) atoms. The van der Waals surface area contributed by atoms with Gasteiger partial charge in [0, 0.05) is 37.4 Å². The molecule has 2 saturated heterocycles. The van der Waals surface area contributed by atoms with Gasteiger partial charge in [-0.05, 0) is 69.9 Å². The van der Waals surface area contributed by atoms with Crippen LogP contribution in [0, 0.1) is 5.92 Å². The van der Waals surface area contributed by atoms with Crippen LogP contribution in [0.25, 0.3) is 10.9 Å². The first-order valence-electron chi connectivity index (χ1n) is 10.4. The number of carbonyl (C=O) groups excluding carboxylic acids is 1. The third-order valence-corrected chi connectivity index (χ3v) is 6.36. The first kappa shape index (κ1) is 18.5. The molecule has 1 atom stereocenters. The van der Waals surface area contributed by atoms with Gasteiger partial charge in [0.25, 0.3) is 0 Å². The number of nitrogens with zero attached hydrogens (tertiary/aromatic N) is 3. The Labute approximate surface area is 162 Å². The molecule has 1 amide bonds. The molecular weight excluding hydrogens is 336 g/mol. The van der Waals surface area contributed by atoms with E-state index in [9.17, 15) is 4.79 Å². The molecular formula is C22H32N4O. The lowest BCUT2D eigenvalue weighted by atomic mass is 9.93. The number of fused-ring (bicyclic) bond motifs is 1. The van der Waals surface area contributed by atoms with Crippen molar-refractivity contribution in [1.29, 1.82) is 0 Å². The Kier molecular flexibility index (Phi) is 5.79. The molecule has 2 fully saturated rings. The van der Waals surface area contributed by atoms with Crippen molar-refractivity contribution in [2.45, 2.75) is 38.3 Å². The lowest BCUT2D eigenvalue weighted by Crippen LogP contribution is -2.50. The van der Waals surface area contributed by atoms with Crippen molar-refractivity contribution in [2.24, 2.45) is 5.92 Å². The molecule has 2 aliphatic heterocycles. The Bertz CT molecular complexity index is 763. The summed E-state index contributed by atoms with van der Waals surface area (Å²) in [5.41, 5.74) is 1.23. The maximum Gasteiger partial charge on any atom is 0.224 e. The number of amides is 1. The largest absolute Gasteiger partial charge is 0.354 e. The van der Waals surface area contributed by atoms with E-state index < -0.39 is 0 Å². The van der Waals surface area contributed by atoms with E-state index >= 15 is 0 Å². The van der Waals surface area contributed by atoms with Crippen LogP contribution < -0.4 is 5.32 Å². The average molecular weight is 369 g/mol. The van der Waals surface area contributed by atoms with Gasteiger partial charge < -0.3 is 14.8 Å². The molecule has 146 valence electrons. The molecule has 2 aromatic rings. The van der Waals surface area contributed by atoms with Crippen LogP contribution in [0.15, 0.2) is 36.5 Å². The number of para-hydroxylation sites is 1. The van der Waals surface area contributed by atoms with Crippen molar-refractivity contribution >= 4 is 16.8 Å². The molecule has 5 heteroatoms. The SMILES string of the molecule is CN1CCC(N2CCCC(C(=O)NCCn3ccc4ccccc43)C2)CC1. The summed E-state index contributed by atoms with van der Waals surface area (Å²) >= 11 is 0. The van der Waals surface area contributed by atoms with Gasteiger partial charge in [-0.3, -0.25) is 9.69 Å². The number of benzene rings is 1. The lowest BCUT2D eigenvalue weighted by molar-refractivity contribution is -0.127. The molecule has 5 nitrogen and oxygen atoms in total. The number of hydrogen-bond acceptors (Lipinski definition) is 3. The van der Waals surface area contributed by atoms with Crippen molar-refractivity contribution in [3.8, 4) is 0 Å². The summed E-state index contributed by atoms with van der Waals surface area (Å²) in [5.74, 6) is 0.393. The lowest BCUT2D eigenvalue weighted by Gasteiger charge is -2.41. The molecule has 1 aromatic carbocycles. The quantitative estimate of drug-likeness (QED) is 0.882. The van der Waals surface area contributed by atoms with Gasteiger partial charge in [-0.15, -0.1) is 0 Å². The zero-order chi connectivity index (χ0) is 18.6. The Balaban J connectivity index is 1.26. The van der Waals surface area contributed by atoms with Crippen molar-refractivity contribution in [3.63, 3.8) is 0 Å². The number of rotatable bonds is 5. The summed E-state index contributed by atoms with van der Waals surface area (Å²) in [6.07, 6.45) is 6.77. The first-order chi connectivity index (χ1) is 13.2. The highest BCUT2D eigenvalue weighted by Crippen LogP contribution is 2.23. The van der Waals surface area contributed by atoms with Crippen LogP contribution in [0.1, 0.15) is 25.7 Å². The summed E-state index contributed by atoms with van der Waals surface area (Å²) in [7, 11) is 2.20. The number of nitrogens with one attached hydrogen (secondary N) is 1. The maximum absolute atomic E-state index is 12.7. The molecule has 0 bridgehead atoms. The van der Waals surface area contributed by atoms with Gasteiger partial charge in [0.05, 0.1) is 5.92 Å². The number of aromatic nitrogens is 1. The van der Waals surface area contributed by atoms with Crippen molar-refractivity contribution < 1.29 is 4.79 Å². The Morgan fingerprint density at radius 3 is 2.78 bits per heavy atom. The van der Waals surface area contributed by atoms with Gasteiger partial charge in [-0.25, -0.2) is 0 Å². The summed E-state index contributed by atoms with van der Waals surface area (Å²) in [6.45, 7) is 5.98. The molecule has 1 aromatic heterocycles. The molecule has 2 aliphatic rings. The molecule has 4 rings (SSSR count). The van der Waals surface area contributed by atoms with Crippen LogP contribution in [0.3, 0.4) is 0 Å². The molecule has 1 unspecified atom stereocenters. The van der Waals surface area contributed by atoms with E-state index in [1.54, 1.807) is 0 Å². The van der Waals surface area contributed by atoms with Crippen molar-refractivity contribution in [1.82, 2.24) is 19.7 Å². The maximum atomic E-state index is 12.7. The molecule has 3 heterocycles. The van der Waals surface area contributed by atoms with E-state index in [1.807, 2.05) is 0 Å².